The molecule has 0 spiro atoms. The Morgan fingerprint density at radius 2 is 2.15 bits per heavy atom. The van der Waals surface area contributed by atoms with Crippen LogP contribution in [0.2, 0.25) is 0 Å². The summed E-state index contributed by atoms with van der Waals surface area (Å²) in [6.45, 7) is 0.804. The summed E-state index contributed by atoms with van der Waals surface area (Å²) >= 11 is 0. The minimum Gasteiger partial charge on any atom is -0.497 e. The molecule has 0 aromatic heterocycles. The van der Waals surface area contributed by atoms with Crippen LogP contribution in [0.15, 0.2) is 18.2 Å². The number of ether oxygens (including phenoxy) is 2. The highest BCUT2D eigenvalue weighted by molar-refractivity contribution is 5.90. The lowest BCUT2D eigenvalue weighted by Gasteiger charge is -2.34. The predicted octanol–water partition coefficient (Wildman–Crippen LogP) is -0.186. The number of carbonyl (C=O) groups is 3. The molecule has 1 aliphatic heterocycles. The monoisotopic (exact) mass is 367 g/mol. The van der Waals surface area contributed by atoms with Gasteiger partial charge in [-0.1, -0.05) is 6.07 Å². The maximum absolute atomic E-state index is 14.2. The number of rotatable bonds is 7. The number of benzene rings is 1. The Morgan fingerprint density at radius 3 is 2.81 bits per heavy atom. The first-order valence-electron chi connectivity index (χ1n) is 8.12. The van der Waals surface area contributed by atoms with Crippen LogP contribution < -0.4 is 15.4 Å². The molecule has 142 valence electrons. The summed E-state index contributed by atoms with van der Waals surface area (Å²) in [4.78, 5) is 37.0. The SMILES string of the molecule is COC(=O)CNC(=O)C[C@H]1C(=O)NCCN1Cc1ccc(OC)cc1F. The predicted molar refractivity (Wildman–Crippen MR) is 89.8 cm³/mol. The van der Waals surface area contributed by atoms with E-state index in [9.17, 15) is 18.8 Å². The highest BCUT2D eigenvalue weighted by atomic mass is 19.1. The number of amides is 2. The number of hydrogen-bond donors (Lipinski definition) is 2. The Bertz CT molecular complexity index is 682. The first-order chi connectivity index (χ1) is 12.4. The van der Waals surface area contributed by atoms with E-state index in [1.54, 1.807) is 17.0 Å². The van der Waals surface area contributed by atoms with Gasteiger partial charge >= 0.3 is 5.97 Å². The van der Waals surface area contributed by atoms with E-state index >= 15 is 0 Å². The smallest absolute Gasteiger partial charge is 0.325 e. The van der Waals surface area contributed by atoms with E-state index in [0.717, 1.165) is 0 Å². The van der Waals surface area contributed by atoms with Crippen LogP contribution in [-0.4, -0.2) is 62.6 Å². The van der Waals surface area contributed by atoms with Crippen LogP contribution in [0.4, 0.5) is 4.39 Å². The number of nitrogens with one attached hydrogen (secondary N) is 2. The number of nitrogens with zero attached hydrogens (tertiary/aromatic N) is 1. The Labute approximate surface area is 150 Å². The van der Waals surface area contributed by atoms with E-state index in [2.05, 4.69) is 15.4 Å². The van der Waals surface area contributed by atoms with Crippen molar-refractivity contribution >= 4 is 17.8 Å². The number of esters is 1. The molecule has 0 unspecified atom stereocenters. The molecule has 1 atom stereocenters. The van der Waals surface area contributed by atoms with Crippen molar-refractivity contribution in [2.75, 3.05) is 33.9 Å². The minimum absolute atomic E-state index is 0.138. The second-order valence-electron chi connectivity index (χ2n) is 5.79. The second-order valence-corrected chi connectivity index (χ2v) is 5.79. The van der Waals surface area contributed by atoms with E-state index in [0.29, 0.717) is 24.4 Å². The zero-order chi connectivity index (χ0) is 19.1. The van der Waals surface area contributed by atoms with Crippen LogP contribution in [0.1, 0.15) is 12.0 Å². The van der Waals surface area contributed by atoms with Gasteiger partial charge < -0.3 is 20.1 Å². The average molecular weight is 367 g/mol. The summed E-state index contributed by atoms with van der Waals surface area (Å²) in [6, 6.07) is 3.76. The molecule has 0 aliphatic carbocycles. The molecule has 9 heteroatoms. The molecule has 8 nitrogen and oxygen atoms in total. The molecule has 2 rings (SSSR count). The van der Waals surface area contributed by atoms with Crippen LogP contribution in [0.5, 0.6) is 5.75 Å². The van der Waals surface area contributed by atoms with Crippen LogP contribution >= 0.6 is 0 Å². The summed E-state index contributed by atoms with van der Waals surface area (Å²) in [5.41, 5.74) is 0.403. The maximum atomic E-state index is 14.2. The lowest BCUT2D eigenvalue weighted by atomic mass is 10.1. The number of methoxy groups -OCH3 is 2. The third-order valence-corrected chi connectivity index (χ3v) is 4.11. The third kappa shape index (κ3) is 5.16. The van der Waals surface area contributed by atoms with Crippen molar-refractivity contribution in [3.05, 3.63) is 29.6 Å². The van der Waals surface area contributed by atoms with E-state index in [1.807, 2.05) is 0 Å². The summed E-state index contributed by atoms with van der Waals surface area (Å²) in [7, 11) is 2.67. The molecule has 1 fully saturated rings. The van der Waals surface area contributed by atoms with Crippen molar-refractivity contribution in [1.29, 1.82) is 0 Å². The number of halogens is 1. The van der Waals surface area contributed by atoms with Gasteiger partial charge in [-0.25, -0.2) is 4.39 Å². The Hall–Kier alpha value is -2.68. The van der Waals surface area contributed by atoms with Crippen molar-refractivity contribution in [3.8, 4) is 5.75 Å². The fourth-order valence-electron chi connectivity index (χ4n) is 2.67. The van der Waals surface area contributed by atoms with E-state index in [1.165, 1.54) is 20.3 Å². The zero-order valence-electron chi connectivity index (χ0n) is 14.7. The fraction of sp³-hybridized carbons (Fsp3) is 0.471. The van der Waals surface area contributed by atoms with Crippen LogP contribution in [0, 0.1) is 5.82 Å². The highest BCUT2D eigenvalue weighted by Crippen LogP contribution is 2.20. The van der Waals surface area contributed by atoms with Gasteiger partial charge in [0.05, 0.1) is 26.7 Å². The average Bonchev–Trinajstić information content (AvgIpc) is 2.63. The van der Waals surface area contributed by atoms with E-state index < -0.39 is 23.7 Å². The summed E-state index contributed by atoms with van der Waals surface area (Å²) in [5, 5.41) is 5.10. The Morgan fingerprint density at radius 1 is 1.38 bits per heavy atom. The van der Waals surface area contributed by atoms with Gasteiger partial charge in [0.15, 0.2) is 0 Å². The first-order valence-corrected chi connectivity index (χ1v) is 8.12. The van der Waals surface area contributed by atoms with Crippen molar-refractivity contribution in [3.63, 3.8) is 0 Å². The standard InChI is InChI=1S/C17H22FN3O5/c1-25-12-4-3-11(13(18)7-12)10-21-6-5-19-17(24)14(21)8-15(22)20-9-16(23)26-2/h3-4,7,14H,5-6,8-10H2,1-2H3,(H,19,24)(H,20,22)/t14-/m0/s1. The van der Waals surface area contributed by atoms with Crippen molar-refractivity contribution in [1.82, 2.24) is 15.5 Å². The molecular formula is C17H22FN3O5. The van der Waals surface area contributed by atoms with Crippen LogP contribution in [0.25, 0.3) is 0 Å². The summed E-state index contributed by atoms with van der Waals surface area (Å²) in [5.74, 6) is -1.38. The lowest BCUT2D eigenvalue weighted by molar-refractivity contribution is -0.141. The molecule has 1 aromatic carbocycles. The topological polar surface area (TPSA) is 97.0 Å². The number of piperazine rings is 1. The Kier molecular flexibility index (Phi) is 6.90. The van der Waals surface area contributed by atoms with Crippen molar-refractivity contribution in [2.24, 2.45) is 0 Å². The molecule has 1 aromatic rings. The highest BCUT2D eigenvalue weighted by Gasteiger charge is 2.32. The zero-order valence-corrected chi connectivity index (χ0v) is 14.7. The van der Waals surface area contributed by atoms with Crippen molar-refractivity contribution in [2.45, 2.75) is 19.0 Å². The lowest BCUT2D eigenvalue weighted by Crippen LogP contribution is -2.56. The van der Waals surface area contributed by atoms with Crippen LogP contribution in [0.3, 0.4) is 0 Å². The molecule has 1 saturated heterocycles. The van der Waals surface area contributed by atoms with Gasteiger partial charge in [0, 0.05) is 31.3 Å². The molecule has 0 radical (unpaired) electrons. The molecule has 1 aliphatic rings. The molecular weight excluding hydrogens is 345 g/mol. The molecule has 26 heavy (non-hydrogen) atoms. The van der Waals surface area contributed by atoms with Gasteiger partial charge in [-0.05, 0) is 6.07 Å². The quantitative estimate of drug-likeness (QED) is 0.649. The molecule has 2 amide bonds. The van der Waals surface area contributed by atoms with Gasteiger partial charge in [-0.3, -0.25) is 19.3 Å². The first kappa shape index (κ1) is 19.6. The number of hydrogen-bond acceptors (Lipinski definition) is 6. The second kappa shape index (κ2) is 9.14. The molecule has 1 heterocycles. The van der Waals surface area contributed by atoms with Crippen LogP contribution in [-0.2, 0) is 25.7 Å². The normalized spacial score (nSPS) is 17.3. The van der Waals surface area contributed by atoms with Gasteiger partial charge in [-0.15, -0.1) is 0 Å². The molecule has 0 saturated carbocycles. The minimum atomic E-state index is -0.747. The summed E-state index contributed by atoms with van der Waals surface area (Å²) < 4.78 is 23.6. The van der Waals surface area contributed by atoms with Gasteiger partial charge in [0.1, 0.15) is 18.1 Å². The Balaban J connectivity index is 2.04. The molecule has 2 N–H and O–H groups in total. The maximum Gasteiger partial charge on any atom is 0.325 e. The van der Waals surface area contributed by atoms with E-state index in [4.69, 9.17) is 4.74 Å². The number of carbonyl (C=O) groups excluding carboxylic acids is 3. The fourth-order valence-corrected chi connectivity index (χ4v) is 2.67. The van der Waals surface area contributed by atoms with E-state index in [-0.39, 0.29) is 25.4 Å². The summed E-state index contributed by atoms with van der Waals surface area (Å²) in [6.07, 6.45) is -0.138. The van der Waals surface area contributed by atoms with Crippen molar-refractivity contribution < 1.29 is 28.2 Å². The molecule has 0 bridgehead atoms. The van der Waals surface area contributed by atoms with Gasteiger partial charge in [0.2, 0.25) is 11.8 Å². The van der Waals surface area contributed by atoms with Gasteiger partial charge in [-0.2, -0.15) is 0 Å². The largest absolute Gasteiger partial charge is 0.497 e. The third-order valence-electron chi connectivity index (χ3n) is 4.11. The van der Waals surface area contributed by atoms with Gasteiger partial charge in [0.25, 0.3) is 0 Å².